The number of nitro groups is 1. The molecule has 13 nitrogen and oxygen atoms in total. The molecule has 0 saturated carbocycles. The van der Waals surface area contributed by atoms with Crippen molar-refractivity contribution in [2.75, 3.05) is 16.8 Å². The number of benzene rings is 1. The van der Waals surface area contributed by atoms with Gasteiger partial charge in [-0.15, -0.1) is 0 Å². The number of hydrogen-bond donors (Lipinski definition) is 2. The molecule has 166 valence electrons. The van der Waals surface area contributed by atoms with Crippen LogP contribution in [0.2, 0.25) is 0 Å². The average molecular weight is 466 g/mol. The van der Waals surface area contributed by atoms with Crippen LogP contribution in [0.25, 0.3) is 11.3 Å². The first-order valence-electron chi connectivity index (χ1n) is 9.02. The molecule has 1 amide bonds. The van der Waals surface area contributed by atoms with Gasteiger partial charge in [0.25, 0.3) is 11.4 Å². The molecule has 0 aliphatic rings. The number of hydrogen-bond acceptors (Lipinski definition) is 11. The lowest BCUT2D eigenvalue weighted by molar-refractivity contribution is -0.730. The Bertz CT molecular complexity index is 1350. The lowest BCUT2D eigenvalue weighted by Gasteiger charge is -2.11. The van der Waals surface area contributed by atoms with Crippen molar-refractivity contribution in [1.29, 1.82) is 10.5 Å². The van der Waals surface area contributed by atoms with E-state index in [2.05, 4.69) is 20.1 Å². The second-order valence-electron chi connectivity index (χ2n) is 6.58. The molecule has 1 aromatic carbocycles. The van der Waals surface area contributed by atoms with Crippen LogP contribution < -0.4 is 20.8 Å². The fourth-order valence-corrected chi connectivity index (χ4v) is 3.73. The number of nitriles is 2. The summed E-state index contributed by atoms with van der Waals surface area (Å²) in [7, 11) is 1.39. The molecule has 0 aliphatic carbocycles. The van der Waals surface area contributed by atoms with Gasteiger partial charge in [0, 0.05) is 17.8 Å². The van der Waals surface area contributed by atoms with Crippen LogP contribution in [0.1, 0.15) is 16.7 Å². The van der Waals surface area contributed by atoms with Gasteiger partial charge in [-0.05, 0) is 18.6 Å². The number of carbonyl (C=O) groups is 1. The van der Waals surface area contributed by atoms with Gasteiger partial charge in [-0.25, -0.2) is 4.98 Å². The summed E-state index contributed by atoms with van der Waals surface area (Å²) < 4.78 is 5.66. The molecule has 0 spiro atoms. The minimum Gasteiger partial charge on any atom is -0.539 e. The number of nitrogen functional groups attached to an aromatic ring is 1. The molecule has 0 atom stereocenters. The number of non-ortho nitro benzene ring substituents is 1. The molecule has 0 saturated heterocycles. The Hall–Kier alpha value is -4.69. The van der Waals surface area contributed by atoms with Crippen LogP contribution in [0.5, 0.6) is 5.95 Å². The summed E-state index contributed by atoms with van der Waals surface area (Å²) in [6.07, 6.45) is 0. The average Bonchev–Trinajstić information content (AvgIpc) is 3.10. The third-order valence-corrected chi connectivity index (χ3v) is 5.43. The van der Waals surface area contributed by atoms with E-state index in [4.69, 9.17) is 5.73 Å². The standard InChI is InChI=1S/C19H14N8O5S/c1-9-5-10(27(30)31)3-4-13(9)23-14(28)8-33-18-12(7-21)15(11(6-20)17(22)24-18)16-19(29)32-25-26(16)2/h3-5H,8H2,1-2H3,(H3-,22,23,24,25,28,29). The third-order valence-electron chi connectivity index (χ3n) is 4.45. The lowest BCUT2D eigenvalue weighted by Crippen LogP contribution is -2.32. The Morgan fingerprint density at radius 2 is 2.06 bits per heavy atom. The molecule has 0 bridgehead atoms. The highest BCUT2D eigenvalue weighted by atomic mass is 32.2. The highest BCUT2D eigenvalue weighted by Gasteiger charge is 2.29. The van der Waals surface area contributed by atoms with E-state index in [-0.39, 0.29) is 44.7 Å². The van der Waals surface area contributed by atoms with Crippen LogP contribution in [-0.2, 0) is 11.8 Å². The predicted octanol–water partition coefficient (Wildman–Crippen LogP) is 0.908. The maximum Gasteiger partial charge on any atom is 0.269 e. The molecule has 33 heavy (non-hydrogen) atoms. The molecule has 0 unspecified atom stereocenters. The van der Waals surface area contributed by atoms with Crippen molar-refractivity contribution in [3.63, 3.8) is 0 Å². The van der Waals surface area contributed by atoms with E-state index in [1.807, 2.05) is 12.1 Å². The van der Waals surface area contributed by atoms with E-state index in [1.54, 1.807) is 6.92 Å². The van der Waals surface area contributed by atoms with Crippen LogP contribution in [0.3, 0.4) is 0 Å². The SMILES string of the molecule is Cc1cc([N+](=O)[O-])ccc1NC(=O)CSc1nc(N)c(C#N)c(-c2c([O-])on[n+]2C)c1C#N. The van der Waals surface area contributed by atoms with Crippen LogP contribution in [0, 0.1) is 39.7 Å². The summed E-state index contributed by atoms with van der Waals surface area (Å²) in [5.74, 6) is -1.80. The van der Waals surface area contributed by atoms with Gasteiger partial charge in [0.2, 0.25) is 5.91 Å². The number of nitrogens with two attached hydrogens (primary N) is 1. The van der Waals surface area contributed by atoms with Gasteiger partial charge >= 0.3 is 0 Å². The largest absolute Gasteiger partial charge is 0.539 e. The zero-order chi connectivity index (χ0) is 24.3. The molecule has 0 fully saturated rings. The Labute approximate surface area is 190 Å². The highest BCUT2D eigenvalue weighted by Crippen LogP contribution is 2.36. The number of thioether (sulfide) groups is 1. The van der Waals surface area contributed by atoms with Crippen LogP contribution >= 0.6 is 11.8 Å². The van der Waals surface area contributed by atoms with Crippen molar-refractivity contribution in [2.24, 2.45) is 7.05 Å². The molecule has 3 aromatic rings. The first-order valence-corrected chi connectivity index (χ1v) is 10.0. The first kappa shape index (κ1) is 23.0. The summed E-state index contributed by atoms with van der Waals surface area (Å²) in [6.45, 7) is 1.61. The van der Waals surface area contributed by atoms with Crippen LogP contribution in [-0.4, -0.2) is 26.8 Å². The molecule has 0 aliphatic heterocycles. The van der Waals surface area contributed by atoms with Crippen molar-refractivity contribution >= 4 is 34.9 Å². The first-order chi connectivity index (χ1) is 15.7. The summed E-state index contributed by atoms with van der Waals surface area (Å²) in [6, 6.07) is 7.73. The number of nitrogens with zero attached hydrogens (tertiary/aromatic N) is 6. The number of nitrogens with one attached hydrogen (secondary N) is 1. The second-order valence-corrected chi connectivity index (χ2v) is 7.54. The van der Waals surface area contributed by atoms with Gasteiger partial charge in [-0.3, -0.25) is 14.9 Å². The Kier molecular flexibility index (Phi) is 6.41. The summed E-state index contributed by atoms with van der Waals surface area (Å²) in [4.78, 5) is 26.8. The smallest absolute Gasteiger partial charge is 0.269 e. The van der Waals surface area contributed by atoms with Crippen molar-refractivity contribution in [2.45, 2.75) is 11.9 Å². The van der Waals surface area contributed by atoms with Crippen LogP contribution in [0.4, 0.5) is 17.2 Å². The normalized spacial score (nSPS) is 10.3. The molecule has 2 heterocycles. The number of rotatable bonds is 6. The topological polar surface area (TPSA) is 212 Å². The van der Waals surface area contributed by atoms with Crippen molar-refractivity contribution in [3.05, 3.63) is 45.0 Å². The zero-order valence-electron chi connectivity index (χ0n) is 17.1. The fraction of sp³-hybridized carbons (Fsp3) is 0.158. The van der Waals surface area contributed by atoms with E-state index in [0.717, 1.165) is 16.4 Å². The van der Waals surface area contributed by atoms with Gasteiger partial charge < -0.3 is 20.7 Å². The van der Waals surface area contributed by atoms with Gasteiger partial charge in [0.1, 0.15) is 28.5 Å². The Morgan fingerprint density at radius 1 is 1.36 bits per heavy atom. The predicted molar refractivity (Wildman–Crippen MR) is 111 cm³/mol. The molecule has 0 radical (unpaired) electrons. The number of carbonyl (C=O) groups excluding carboxylic acids is 1. The quantitative estimate of drug-likeness (QED) is 0.225. The maximum absolute atomic E-state index is 12.4. The van der Waals surface area contributed by atoms with Crippen molar-refractivity contribution in [3.8, 4) is 29.3 Å². The van der Waals surface area contributed by atoms with E-state index in [0.29, 0.717) is 11.3 Å². The van der Waals surface area contributed by atoms with Gasteiger partial charge in [-0.1, -0.05) is 16.4 Å². The number of amides is 1. The molecular formula is C19H14N8O5S. The number of aryl methyl sites for hydroxylation is 2. The van der Waals surface area contributed by atoms with Crippen molar-refractivity contribution in [1.82, 2.24) is 10.3 Å². The molecular weight excluding hydrogens is 452 g/mol. The number of nitro benzene ring substituents is 1. The van der Waals surface area contributed by atoms with E-state index in [9.17, 15) is 30.5 Å². The third kappa shape index (κ3) is 4.51. The lowest BCUT2D eigenvalue weighted by atomic mass is 10.0. The number of pyridine rings is 1. The highest BCUT2D eigenvalue weighted by molar-refractivity contribution is 8.00. The minimum absolute atomic E-state index is 0.0279. The maximum atomic E-state index is 12.4. The summed E-state index contributed by atoms with van der Waals surface area (Å²) in [5, 5.41) is 48.3. The van der Waals surface area contributed by atoms with Gasteiger partial charge in [-0.2, -0.15) is 10.5 Å². The fourth-order valence-electron chi connectivity index (χ4n) is 2.94. The molecule has 14 heteroatoms. The Balaban J connectivity index is 1.91. The van der Waals surface area contributed by atoms with E-state index in [1.165, 1.54) is 25.2 Å². The Morgan fingerprint density at radius 3 is 2.61 bits per heavy atom. The number of aromatic nitrogens is 3. The zero-order valence-corrected chi connectivity index (χ0v) is 18.0. The molecule has 3 rings (SSSR count). The second kappa shape index (κ2) is 9.21. The number of anilines is 2. The van der Waals surface area contributed by atoms with E-state index < -0.39 is 16.8 Å². The molecule has 2 aromatic heterocycles. The van der Waals surface area contributed by atoms with Gasteiger partial charge in [0.15, 0.2) is 13.0 Å². The summed E-state index contributed by atoms with van der Waals surface area (Å²) in [5.41, 5.74) is 6.06. The monoisotopic (exact) mass is 466 g/mol. The summed E-state index contributed by atoms with van der Waals surface area (Å²) >= 11 is 0.864. The minimum atomic E-state index is -0.876. The van der Waals surface area contributed by atoms with E-state index >= 15 is 0 Å². The molecule has 3 N–H and O–H groups in total. The van der Waals surface area contributed by atoms with Crippen LogP contribution in [0.15, 0.2) is 27.7 Å². The van der Waals surface area contributed by atoms with Gasteiger partial charge in [0.05, 0.1) is 27.1 Å². The van der Waals surface area contributed by atoms with Crippen molar-refractivity contribution < 1.29 is 24.0 Å².